The molecule has 0 saturated carbocycles. The maximum Gasteiger partial charge on any atom is 0.280 e. The lowest BCUT2D eigenvalue weighted by Gasteiger charge is -2.16. The maximum atomic E-state index is 12.9. The Kier molecular flexibility index (Phi) is 4.94. The number of benzene rings is 2. The molecule has 1 aliphatic heterocycles. The van der Waals surface area contributed by atoms with Gasteiger partial charge in [0.1, 0.15) is 0 Å². The van der Waals surface area contributed by atoms with Crippen molar-refractivity contribution < 1.29 is 4.79 Å². The number of nitrogens with zero attached hydrogens (tertiary/aromatic N) is 3. The quantitative estimate of drug-likeness (QED) is 0.760. The first-order valence-corrected chi connectivity index (χ1v) is 8.91. The molecule has 1 heterocycles. The van der Waals surface area contributed by atoms with Gasteiger partial charge in [-0.3, -0.25) is 4.79 Å². The molecule has 26 heavy (non-hydrogen) atoms. The first-order valence-electron chi connectivity index (χ1n) is 8.91. The highest BCUT2D eigenvalue weighted by molar-refractivity contribution is 6.32. The molecule has 0 N–H and O–H groups in total. The summed E-state index contributed by atoms with van der Waals surface area (Å²) in [5, 5.41) is 5.96. The summed E-state index contributed by atoms with van der Waals surface area (Å²) in [7, 11) is 2.06. The molecule has 3 rings (SSSR count). The van der Waals surface area contributed by atoms with E-state index in [1.54, 1.807) is 0 Å². The van der Waals surface area contributed by atoms with E-state index in [4.69, 9.17) is 0 Å². The van der Waals surface area contributed by atoms with E-state index in [-0.39, 0.29) is 5.91 Å². The predicted molar refractivity (Wildman–Crippen MR) is 110 cm³/mol. The number of aryl methyl sites for hydroxylation is 2. The minimum Gasteiger partial charge on any atom is -0.375 e. The summed E-state index contributed by atoms with van der Waals surface area (Å²) >= 11 is 0. The summed E-state index contributed by atoms with van der Waals surface area (Å²) in [5.41, 5.74) is 6.70. The van der Waals surface area contributed by atoms with Crippen LogP contribution >= 0.6 is 0 Å². The molecule has 0 atom stereocenters. The van der Waals surface area contributed by atoms with Gasteiger partial charge in [0.25, 0.3) is 5.91 Å². The van der Waals surface area contributed by atoms with E-state index >= 15 is 0 Å². The van der Waals surface area contributed by atoms with Gasteiger partial charge in [0.05, 0.1) is 17.0 Å². The predicted octanol–water partition coefficient (Wildman–Crippen LogP) is 4.57. The van der Waals surface area contributed by atoms with Crippen LogP contribution in [0.25, 0.3) is 6.08 Å². The SMILES string of the molecule is CCN(C)c1ccc(/C=C2/C(=O)N(c3ccc(C)c(C)c3)N=C2C)cc1. The molecule has 134 valence electrons. The molecule has 4 nitrogen and oxygen atoms in total. The average Bonchev–Trinajstić information content (AvgIpc) is 2.92. The molecule has 0 radical (unpaired) electrons. The third kappa shape index (κ3) is 3.40. The van der Waals surface area contributed by atoms with Gasteiger partial charge in [0.15, 0.2) is 0 Å². The van der Waals surface area contributed by atoms with Gasteiger partial charge < -0.3 is 4.90 Å². The van der Waals surface area contributed by atoms with Gasteiger partial charge in [-0.05, 0) is 74.7 Å². The van der Waals surface area contributed by atoms with Crippen LogP contribution in [0.1, 0.15) is 30.5 Å². The molecule has 2 aromatic carbocycles. The van der Waals surface area contributed by atoms with Crippen LogP contribution in [0, 0.1) is 13.8 Å². The van der Waals surface area contributed by atoms with E-state index in [0.717, 1.165) is 34.8 Å². The second-order valence-corrected chi connectivity index (χ2v) is 6.73. The van der Waals surface area contributed by atoms with Crippen LogP contribution in [-0.2, 0) is 4.79 Å². The van der Waals surface area contributed by atoms with E-state index in [0.29, 0.717) is 5.57 Å². The molecule has 0 unspecified atom stereocenters. The number of rotatable bonds is 4. The van der Waals surface area contributed by atoms with Gasteiger partial charge in [-0.15, -0.1) is 0 Å². The summed E-state index contributed by atoms with van der Waals surface area (Å²) in [5.74, 6) is -0.0829. The number of carbonyl (C=O) groups is 1. The number of hydrogen-bond donors (Lipinski definition) is 0. The van der Waals surface area contributed by atoms with Crippen molar-refractivity contribution in [2.45, 2.75) is 27.7 Å². The van der Waals surface area contributed by atoms with Crippen molar-refractivity contribution in [1.82, 2.24) is 0 Å². The van der Waals surface area contributed by atoms with Crippen LogP contribution in [0.2, 0.25) is 0 Å². The number of amides is 1. The summed E-state index contributed by atoms with van der Waals surface area (Å²) in [4.78, 5) is 15.0. The van der Waals surface area contributed by atoms with Crippen LogP contribution in [0.3, 0.4) is 0 Å². The monoisotopic (exact) mass is 347 g/mol. The molecule has 0 aromatic heterocycles. The van der Waals surface area contributed by atoms with E-state index in [1.165, 1.54) is 10.6 Å². The number of carbonyl (C=O) groups excluding carboxylic acids is 1. The Morgan fingerprint density at radius 1 is 1.04 bits per heavy atom. The zero-order valence-corrected chi connectivity index (χ0v) is 16.1. The number of hydrogen-bond acceptors (Lipinski definition) is 3. The van der Waals surface area contributed by atoms with Gasteiger partial charge >= 0.3 is 0 Å². The zero-order valence-electron chi connectivity index (χ0n) is 16.1. The average molecular weight is 347 g/mol. The van der Waals surface area contributed by atoms with Gasteiger partial charge in [0, 0.05) is 19.3 Å². The Labute approximate surface area is 155 Å². The zero-order chi connectivity index (χ0) is 18.8. The van der Waals surface area contributed by atoms with Crippen molar-refractivity contribution in [3.8, 4) is 0 Å². The Morgan fingerprint density at radius 3 is 2.35 bits per heavy atom. The minimum atomic E-state index is -0.0829. The van der Waals surface area contributed by atoms with Crippen molar-refractivity contribution in [1.29, 1.82) is 0 Å². The second-order valence-electron chi connectivity index (χ2n) is 6.73. The van der Waals surface area contributed by atoms with E-state index < -0.39 is 0 Å². The first kappa shape index (κ1) is 17.9. The fourth-order valence-electron chi connectivity index (χ4n) is 2.89. The summed E-state index contributed by atoms with van der Waals surface area (Å²) in [6, 6.07) is 14.2. The van der Waals surface area contributed by atoms with Crippen LogP contribution in [0.5, 0.6) is 0 Å². The third-order valence-corrected chi connectivity index (χ3v) is 4.92. The van der Waals surface area contributed by atoms with Crippen molar-refractivity contribution in [3.05, 3.63) is 64.7 Å². The molecule has 1 aliphatic rings. The first-order chi connectivity index (χ1) is 12.4. The Hall–Kier alpha value is -2.88. The standard InChI is InChI=1S/C22H25N3O/c1-6-24(5)19-11-8-18(9-12-19)14-21-17(4)23-25(22(21)26)20-10-7-15(2)16(3)13-20/h7-14H,6H2,1-5H3/b21-14+. The molecule has 0 aliphatic carbocycles. The van der Waals surface area contributed by atoms with Crippen molar-refractivity contribution >= 4 is 29.1 Å². The van der Waals surface area contributed by atoms with Crippen LogP contribution in [-0.4, -0.2) is 25.2 Å². The molecule has 0 fully saturated rings. The second kappa shape index (κ2) is 7.16. The smallest absolute Gasteiger partial charge is 0.280 e. The van der Waals surface area contributed by atoms with E-state index in [1.807, 2.05) is 50.3 Å². The van der Waals surface area contributed by atoms with Gasteiger partial charge in [0.2, 0.25) is 0 Å². The van der Waals surface area contributed by atoms with Crippen molar-refractivity contribution in [2.24, 2.45) is 5.10 Å². The Balaban J connectivity index is 1.87. The van der Waals surface area contributed by atoms with Crippen molar-refractivity contribution in [3.63, 3.8) is 0 Å². The third-order valence-electron chi connectivity index (χ3n) is 4.92. The van der Waals surface area contributed by atoms with Gasteiger partial charge in [-0.25, -0.2) is 0 Å². The highest BCUT2D eigenvalue weighted by atomic mass is 16.2. The number of hydrazone groups is 1. The van der Waals surface area contributed by atoms with Gasteiger partial charge in [-0.1, -0.05) is 18.2 Å². The molecule has 2 aromatic rings. The molecule has 1 amide bonds. The topological polar surface area (TPSA) is 35.9 Å². The molecular weight excluding hydrogens is 322 g/mol. The molecule has 4 heteroatoms. The molecule has 0 saturated heterocycles. The fourth-order valence-corrected chi connectivity index (χ4v) is 2.89. The fraction of sp³-hybridized carbons (Fsp3) is 0.273. The lowest BCUT2D eigenvalue weighted by molar-refractivity contribution is -0.114. The van der Waals surface area contributed by atoms with Crippen LogP contribution in [0.15, 0.2) is 53.1 Å². The molecule has 0 bridgehead atoms. The minimum absolute atomic E-state index is 0.0829. The highest BCUT2D eigenvalue weighted by Crippen LogP contribution is 2.27. The normalized spacial score (nSPS) is 15.6. The lowest BCUT2D eigenvalue weighted by Crippen LogP contribution is -2.21. The van der Waals surface area contributed by atoms with Gasteiger partial charge in [-0.2, -0.15) is 10.1 Å². The van der Waals surface area contributed by atoms with E-state index in [2.05, 4.69) is 43.0 Å². The lowest BCUT2D eigenvalue weighted by atomic mass is 10.1. The van der Waals surface area contributed by atoms with Crippen LogP contribution in [0.4, 0.5) is 11.4 Å². The van der Waals surface area contributed by atoms with Crippen LogP contribution < -0.4 is 9.91 Å². The van der Waals surface area contributed by atoms with Crippen molar-refractivity contribution in [2.75, 3.05) is 23.5 Å². The highest BCUT2D eigenvalue weighted by Gasteiger charge is 2.28. The summed E-state index contributed by atoms with van der Waals surface area (Å²) < 4.78 is 0. The summed E-state index contributed by atoms with van der Waals surface area (Å²) in [6.45, 7) is 9.06. The maximum absolute atomic E-state index is 12.9. The molecule has 0 spiro atoms. The van der Waals surface area contributed by atoms with E-state index in [9.17, 15) is 4.79 Å². The largest absolute Gasteiger partial charge is 0.375 e. The Bertz CT molecular complexity index is 894. The Morgan fingerprint density at radius 2 is 1.73 bits per heavy atom. The molecular formula is C22H25N3O. The number of anilines is 2. The summed E-state index contributed by atoms with van der Waals surface area (Å²) in [6.07, 6.45) is 1.91.